The highest BCUT2D eigenvalue weighted by Crippen LogP contribution is 2.52. The number of rotatable bonds is 8. The van der Waals surface area contributed by atoms with E-state index in [4.69, 9.17) is 4.74 Å². The fourth-order valence-electron chi connectivity index (χ4n) is 4.90. The van der Waals surface area contributed by atoms with Crippen LogP contribution in [0.2, 0.25) is 0 Å². The molecule has 1 saturated carbocycles. The van der Waals surface area contributed by atoms with Gasteiger partial charge < -0.3 is 20.3 Å². The number of carbonyl (C=O) groups is 1. The monoisotopic (exact) mass is 453 g/mol. The Morgan fingerprint density at radius 1 is 1.36 bits per heavy atom. The number of benzene rings is 1. The second kappa shape index (κ2) is 10.8. The number of aryl methyl sites for hydroxylation is 1. The number of fused-ring (bicyclic) bond motifs is 3. The molecule has 0 saturated heterocycles. The molecule has 1 aromatic rings. The van der Waals surface area contributed by atoms with Gasteiger partial charge in [0.15, 0.2) is 0 Å². The third-order valence-electron chi connectivity index (χ3n) is 6.57. The number of nitrogens with one attached hydrogen (secondary N) is 1. The van der Waals surface area contributed by atoms with Gasteiger partial charge in [-0.2, -0.15) is 0 Å². The van der Waals surface area contributed by atoms with Crippen molar-refractivity contribution in [2.75, 3.05) is 0 Å². The van der Waals surface area contributed by atoms with E-state index in [2.05, 4.69) is 29.3 Å². The topological polar surface area (TPSA) is 78.8 Å². The number of aliphatic hydroxyl groups excluding tert-OH is 2. The summed E-state index contributed by atoms with van der Waals surface area (Å²) < 4.78 is 6.33. The maximum Gasteiger partial charge on any atom is 0.220 e. The summed E-state index contributed by atoms with van der Waals surface area (Å²) in [6.45, 7) is 9.74. The second-order valence-electron chi connectivity index (χ2n) is 10.5. The number of ether oxygens (including phenoxy) is 1. The standard InChI is InChI=1S/C28H39NO4/c1-6-7-10-18(2)22(30)16-15-20-23(31)17-24-26(20)21-13-8-11-19(27(21)33-24)12-9-14-25(32)29-28(3,4)5/h8,11,13,15-16,18,20,22-24,26,30-31H,9-10,12,14,17H2,1-5H3,(H,29,32)/b16-15+/t18-,20-,22+,23+,24-,26-/m0/s1. The molecular weight excluding hydrogens is 414 g/mol. The van der Waals surface area contributed by atoms with Crippen LogP contribution in [0.25, 0.3) is 0 Å². The molecule has 1 heterocycles. The summed E-state index contributed by atoms with van der Waals surface area (Å²) in [5.74, 6) is 6.90. The fourth-order valence-corrected chi connectivity index (χ4v) is 4.90. The Kier molecular flexibility index (Phi) is 8.26. The lowest BCUT2D eigenvalue weighted by Gasteiger charge is -2.20. The first kappa shape index (κ1) is 25.3. The third-order valence-corrected chi connectivity index (χ3v) is 6.57. The van der Waals surface area contributed by atoms with Gasteiger partial charge in [-0.25, -0.2) is 0 Å². The predicted octanol–water partition coefficient (Wildman–Crippen LogP) is 4.12. The summed E-state index contributed by atoms with van der Waals surface area (Å²) in [4.78, 5) is 12.1. The van der Waals surface area contributed by atoms with Gasteiger partial charge in [0, 0.05) is 42.2 Å². The summed E-state index contributed by atoms with van der Waals surface area (Å²) >= 11 is 0. The third kappa shape index (κ3) is 6.40. The number of carbonyl (C=O) groups excluding carboxylic acids is 1. The Labute approximate surface area is 198 Å². The molecule has 5 nitrogen and oxygen atoms in total. The van der Waals surface area contributed by atoms with Gasteiger partial charge in [-0.3, -0.25) is 4.79 Å². The average molecular weight is 454 g/mol. The minimum Gasteiger partial charge on any atom is -0.489 e. The van der Waals surface area contributed by atoms with Crippen LogP contribution >= 0.6 is 0 Å². The van der Waals surface area contributed by atoms with Crippen LogP contribution in [0.4, 0.5) is 0 Å². The van der Waals surface area contributed by atoms with Crippen molar-refractivity contribution >= 4 is 5.91 Å². The molecule has 2 aliphatic rings. The van der Waals surface area contributed by atoms with Crippen molar-refractivity contribution in [3.05, 3.63) is 41.5 Å². The van der Waals surface area contributed by atoms with Crippen LogP contribution in [0.1, 0.15) is 77.3 Å². The van der Waals surface area contributed by atoms with Crippen molar-refractivity contribution in [2.24, 2.45) is 11.8 Å². The molecule has 0 unspecified atom stereocenters. The fraction of sp³-hybridized carbons (Fsp3) is 0.607. The SMILES string of the molecule is CC#CC[C@H](C)[C@H](O)/C=C/[C@@H]1[C@H]2c3cccc(CCCC(=O)NC(C)(C)C)c3O[C@H]2C[C@H]1O. The van der Waals surface area contributed by atoms with E-state index in [9.17, 15) is 15.0 Å². The Bertz CT molecular complexity index is 920. The van der Waals surface area contributed by atoms with Crippen molar-refractivity contribution in [1.82, 2.24) is 5.32 Å². The van der Waals surface area contributed by atoms with Gasteiger partial charge in [-0.15, -0.1) is 11.8 Å². The lowest BCUT2D eigenvalue weighted by atomic mass is 9.86. The molecule has 0 radical (unpaired) electrons. The van der Waals surface area contributed by atoms with Gasteiger partial charge in [0.2, 0.25) is 5.91 Å². The zero-order chi connectivity index (χ0) is 24.2. The lowest BCUT2D eigenvalue weighted by molar-refractivity contribution is -0.122. The van der Waals surface area contributed by atoms with Gasteiger partial charge in [-0.1, -0.05) is 37.3 Å². The van der Waals surface area contributed by atoms with Crippen LogP contribution in [0.5, 0.6) is 5.75 Å². The number of amides is 1. The average Bonchev–Trinajstić information content (AvgIpc) is 3.24. The highest BCUT2D eigenvalue weighted by molar-refractivity contribution is 5.76. The summed E-state index contributed by atoms with van der Waals surface area (Å²) in [6, 6.07) is 6.20. The first-order valence-electron chi connectivity index (χ1n) is 12.1. The smallest absolute Gasteiger partial charge is 0.220 e. The molecule has 0 spiro atoms. The molecule has 0 bridgehead atoms. The van der Waals surface area contributed by atoms with Gasteiger partial charge in [-0.05, 0) is 52.0 Å². The normalized spacial score (nSPS) is 25.5. The molecule has 33 heavy (non-hydrogen) atoms. The van der Waals surface area contributed by atoms with E-state index >= 15 is 0 Å². The zero-order valence-electron chi connectivity index (χ0n) is 20.6. The summed E-state index contributed by atoms with van der Waals surface area (Å²) in [5, 5.41) is 24.2. The molecule has 1 aromatic carbocycles. The van der Waals surface area contributed by atoms with E-state index < -0.39 is 12.2 Å². The summed E-state index contributed by atoms with van der Waals surface area (Å²) in [5.41, 5.74) is 2.03. The van der Waals surface area contributed by atoms with Crippen LogP contribution < -0.4 is 10.1 Å². The van der Waals surface area contributed by atoms with Crippen LogP contribution in [0, 0.1) is 23.7 Å². The summed E-state index contributed by atoms with van der Waals surface area (Å²) in [6.07, 6.45) is 5.87. The molecular formula is C28H39NO4. The quantitative estimate of drug-likeness (QED) is 0.409. The van der Waals surface area contributed by atoms with E-state index in [1.165, 1.54) is 0 Å². The molecule has 3 rings (SSSR count). The molecule has 3 N–H and O–H groups in total. The first-order chi connectivity index (χ1) is 15.6. The number of hydrogen-bond donors (Lipinski definition) is 3. The van der Waals surface area contributed by atoms with E-state index in [-0.39, 0.29) is 35.3 Å². The maximum absolute atomic E-state index is 12.1. The zero-order valence-corrected chi connectivity index (χ0v) is 20.6. The van der Waals surface area contributed by atoms with Crippen LogP contribution in [0.3, 0.4) is 0 Å². The Morgan fingerprint density at radius 2 is 2.12 bits per heavy atom. The van der Waals surface area contributed by atoms with Crippen molar-refractivity contribution < 1.29 is 19.7 Å². The Morgan fingerprint density at radius 3 is 2.82 bits per heavy atom. The van der Waals surface area contributed by atoms with Crippen molar-refractivity contribution in [1.29, 1.82) is 0 Å². The number of para-hydroxylation sites is 1. The van der Waals surface area contributed by atoms with Gasteiger partial charge >= 0.3 is 0 Å². The van der Waals surface area contributed by atoms with E-state index in [1.807, 2.05) is 45.9 Å². The predicted molar refractivity (Wildman–Crippen MR) is 131 cm³/mol. The number of aliphatic hydroxyl groups is 2. The van der Waals surface area contributed by atoms with E-state index in [1.54, 1.807) is 6.92 Å². The maximum atomic E-state index is 12.1. The number of hydrogen-bond acceptors (Lipinski definition) is 4. The molecule has 6 atom stereocenters. The van der Waals surface area contributed by atoms with Crippen LogP contribution in [0.15, 0.2) is 30.4 Å². The molecule has 1 aliphatic carbocycles. The highest BCUT2D eigenvalue weighted by atomic mass is 16.5. The van der Waals surface area contributed by atoms with Crippen LogP contribution in [-0.2, 0) is 11.2 Å². The molecule has 1 amide bonds. The first-order valence-corrected chi connectivity index (χ1v) is 12.1. The van der Waals surface area contributed by atoms with Gasteiger partial charge in [0.05, 0.1) is 12.2 Å². The minimum absolute atomic E-state index is 0.0391. The molecule has 5 heteroatoms. The van der Waals surface area contributed by atoms with Crippen molar-refractivity contribution in [3.63, 3.8) is 0 Å². The Balaban J connectivity index is 1.68. The van der Waals surface area contributed by atoms with Gasteiger partial charge in [0.25, 0.3) is 0 Å². The van der Waals surface area contributed by atoms with Crippen molar-refractivity contribution in [3.8, 4) is 17.6 Å². The van der Waals surface area contributed by atoms with E-state index in [0.29, 0.717) is 19.3 Å². The summed E-state index contributed by atoms with van der Waals surface area (Å²) in [7, 11) is 0. The van der Waals surface area contributed by atoms with Crippen molar-refractivity contribution in [2.45, 2.75) is 96.5 Å². The lowest BCUT2D eigenvalue weighted by Crippen LogP contribution is -2.40. The van der Waals surface area contributed by atoms with E-state index in [0.717, 1.165) is 29.7 Å². The Hall–Kier alpha value is -2.29. The molecule has 1 aliphatic heterocycles. The molecule has 180 valence electrons. The largest absolute Gasteiger partial charge is 0.489 e. The molecule has 1 fully saturated rings. The minimum atomic E-state index is -0.593. The molecule has 0 aromatic heterocycles. The van der Waals surface area contributed by atoms with Gasteiger partial charge in [0.1, 0.15) is 11.9 Å². The second-order valence-corrected chi connectivity index (χ2v) is 10.5. The highest BCUT2D eigenvalue weighted by Gasteiger charge is 2.48. The van der Waals surface area contributed by atoms with Crippen LogP contribution in [-0.4, -0.2) is 40.0 Å².